The number of hydrogen-bond donors (Lipinski definition) is 1. The van der Waals surface area contributed by atoms with Crippen molar-refractivity contribution in [1.29, 1.82) is 0 Å². The van der Waals surface area contributed by atoms with E-state index in [4.69, 9.17) is 0 Å². The molecule has 1 aromatic carbocycles. The molecular formula is C22H18F12N4O. The molecule has 1 fully saturated rings. The number of nitrogens with zero attached hydrogens (tertiary/aromatic N) is 3. The van der Waals surface area contributed by atoms with E-state index >= 15 is 0 Å². The predicted molar refractivity (Wildman–Crippen MR) is 110 cm³/mol. The quantitative estimate of drug-likeness (QED) is 0.423. The summed E-state index contributed by atoms with van der Waals surface area (Å²) in [6.07, 6.45) is -21.9. The Bertz CT molecular complexity index is 1190. The van der Waals surface area contributed by atoms with Crippen LogP contribution in [0.1, 0.15) is 47.7 Å². The number of aromatic nitrogens is 2. The van der Waals surface area contributed by atoms with Gasteiger partial charge in [-0.1, -0.05) is 6.92 Å². The highest BCUT2D eigenvalue weighted by Gasteiger charge is 2.60. The molecule has 2 heterocycles. The number of halogens is 12. The summed E-state index contributed by atoms with van der Waals surface area (Å²) in [7, 11) is 0. The van der Waals surface area contributed by atoms with Crippen LogP contribution in [0.5, 0.6) is 0 Å². The first-order valence-corrected chi connectivity index (χ1v) is 11.0. The van der Waals surface area contributed by atoms with Gasteiger partial charge in [0, 0.05) is 37.8 Å². The molecule has 1 atom stereocenters. The number of benzene rings is 1. The van der Waals surface area contributed by atoms with Gasteiger partial charge in [-0.2, -0.15) is 52.7 Å². The van der Waals surface area contributed by atoms with Crippen molar-refractivity contribution in [2.75, 3.05) is 18.0 Å². The number of carbonyl (C=O) groups excluding carboxylic acids is 1. The molecule has 0 spiro atoms. The second-order valence-corrected chi connectivity index (χ2v) is 8.72. The molecule has 1 saturated heterocycles. The Morgan fingerprint density at radius 1 is 0.923 bits per heavy atom. The Hall–Kier alpha value is -3.27. The third kappa shape index (κ3) is 6.32. The minimum atomic E-state index is -5.42. The van der Waals surface area contributed by atoms with Crippen molar-refractivity contribution in [3.8, 4) is 0 Å². The molecule has 2 aromatic rings. The van der Waals surface area contributed by atoms with Gasteiger partial charge in [0.05, 0.1) is 11.1 Å². The first kappa shape index (κ1) is 30.3. The Kier molecular flexibility index (Phi) is 7.79. The lowest BCUT2D eigenvalue weighted by Gasteiger charge is -2.33. The van der Waals surface area contributed by atoms with Gasteiger partial charge in [0.15, 0.2) is 5.69 Å². The summed E-state index contributed by atoms with van der Waals surface area (Å²) in [6, 6.07) is -0.420. The average molecular weight is 582 g/mol. The van der Waals surface area contributed by atoms with Gasteiger partial charge in [0.2, 0.25) is 11.9 Å². The molecule has 216 valence electrons. The van der Waals surface area contributed by atoms with Gasteiger partial charge < -0.3 is 10.2 Å². The zero-order chi connectivity index (χ0) is 29.6. The summed E-state index contributed by atoms with van der Waals surface area (Å²) in [6.45, 7) is -1.31. The molecule has 0 aliphatic carbocycles. The highest BCUT2D eigenvalue weighted by Crippen LogP contribution is 2.50. The summed E-state index contributed by atoms with van der Waals surface area (Å²) in [4.78, 5) is 18.9. The fourth-order valence-electron chi connectivity index (χ4n) is 4.09. The molecule has 17 heteroatoms. The van der Waals surface area contributed by atoms with Crippen LogP contribution in [0.2, 0.25) is 0 Å². The topological polar surface area (TPSA) is 58.1 Å². The number of anilines is 1. The monoisotopic (exact) mass is 582 g/mol. The molecule has 39 heavy (non-hydrogen) atoms. The molecule has 0 bridgehead atoms. The van der Waals surface area contributed by atoms with Crippen molar-refractivity contribution in [1.82, 2.24) is 15.3 Å². The van der Waals surface area contributed by atoms with Crippen LogP contribution in [0.4, 0.5) is 58.6 Å². The van der Waals surface area contributed by atoms with Gasteiger partial charge in [0.1, 0.15) is 5.41 Å². The SMILES string of the molecule is CCC(=O)NCc1cnc(N2CCC(c3cc(C(F)(F)F)cc(C(F)(F)F)c3)(C(F)(F)F)C2)nc1C(F)(F)F. The van der Waals surface area contributed by atoms with E-state index in [1.54, 1.807) is 0 Å². The van der Waals surface area contributed by atoms with E-state index in [1.807, 2.05) is 0 Å². The number of amides is 1. The van der Waals surface area contributed by atoms with Gasteiger partial charge in [-0.25, -0.2) is 9.97 Å². The van der Waals surface area contributed by atoms with Gasteiger partial charge in [0.25, 0.3) is 0 Å². The molecule has 0 saturated carbocycles. The van der Waals surface area contributed by atoms with Crippen LogP contribution in [-0.4, -0.2) is 35.1 Å². The highest BCUT2D eigenvalue weighted by atomic mass is 19.4. The first-order valence-electron chi connectivity index (χ1n) is 11.0. The molecule has 1 N–H and O–H groups in total. The molecule has 5 nitrogen and oxygen atoms in total. The maximum absolute atomic E-state index is 14.3. The zero-order valence-electron chi connectivity index (χ0n) is 19.6. The van der Waals surface area contributed by atoms with E-state index in [9.17, 15) is 57.5 Å². The van der Waals surface area contributed by atoms with E-state index < -0.39 is 96.0 Å². The number of nitrogens with one attached hydrogen (secondary N) is 1. The van der Waals surface area contributed by atoms with Crippen LogP contribution in [0, 0.1) is 0 Å². The predicted octanol–water partition coefficient (Wildman–Crippen LogP) is 6.27. The molecule has 1 aliphatic heterocycles. The third-order valence-corrected chi connectivity index (χ3v) is 6.15. The summed E-state index contributed by atoms with van der Waals surface area (Å²) < 4.78 is 164. The Balaban J connectivity index is 2.09. The van der Waals surface area contributed by atoms with Gasteiger partial charge in [-0.05, 0) is 30.2 Å². The summed E-state index contributed by atoms with van der Waals surface area (Å²) in [5, 5.41) is 2.17. The molecular weight excluding hydrogens is 564 g/mol. The van der Waals surface area contributed by atoms with Crippen LogP contribution in [-0.2, 0) is 35.3 Å². The minimum Gasteiger partial charge on any atom is -0.352 e. The molecule has 1 aliphatic rings. The van der Waals surface area contributed by atoms with E-state index in [2.05, 4.69) is 15.3 Å². The van der Waals surface area contributed by atoms with Crippen LogP contribution < -0.4 is 10.2 Å². The van der Waals surface area contributed by atoms with Crippen LogP contribution in [0.25, 0.3) is 0 Å². The lowest BCUT2D eigenvalue weighted by atomic mass is 9.77. The molecule has 1 amide bonds. The van der Waals surface area contributed by atoms with Gasteiger partial charge >= 0.3 is 24.7 Å². The number of alkyl halides is 12. The van der Waals surface area contributed by atoms with E-state index in [1.165, 1.54) is 6.92 Å². The molecule has 1 unspecified atom stereocenters. The normalized spacial score (nSPS) is 18.9. The largest absolute Gasteiger partial charge is 0.433 e. The maximum atomic E-state index is 14.3. The lowest BCUT2D eigenvalue weighted by molar-refractivity contribution is -0.185. The first-order chi connectivity index (χ1) is 17.7. The Morgan fingerprint density at radius 2 is 1.49 bits per heavy atom. The smallest absolute Gasteiger partial charge is 0.352 e. The summed E-state index contributed by atoms with van der Waals surface area (Å²) in [5.74, 6) is -1.48. The molecule has 3 rings (SSSR count). The lowest BCUT2D eigenvalue weighted by Crippen LogP contribution is -2.45. The maximum Gasteiger partial charge on any atom is 0.433 e. The molecule has 1 aromatic heterocycles. The second kappa shape index (κ2) is 10.0. The second-order valence-electron chi connectivity index (χ2n) is 8.72. The van der Waals surface area contributed by atoms with Crippen molar-refractivity contribution in [2.45, 2.75) is 56.4 Å². The standard InChI is InChI=1S/C22H18F12N4O/c1-2-15(39)35-8-11-9-36-17(37-16(11)21(29,30)31)38-4-3-18(10-38,22(32,33)34)12-5-13(19(23,24)25)7-14(6-12)20(26,27)28/h5-7,9H,2-4,8,10H2,1H3,(H,35,39). The Labute approximate surface area is 212 Å². The van der Waals surface area contributed by atoms with E-state index in [-0.39, 0.29) is 24.6 Å². The number of carbonyl (C=O) groups is 1. The van der Waals surface area contributed by atoms with E-state index in [0.717, 1.165) is 0 Å². The van der Waals surface area contributed by atoms with Crippen molar-refractivity contribution in [3.05, 3.63) is 52.3 Å². The number of rotatable bonds is 5. The highest BCUT2D eigenvalue weighted by molar-refractivity contribution is 5.75. The van der Waals surface area contributed by atoms with Gasteiger partial charge in [-0.15, -0.1) is 0 Å². The minimum absolute atomic E-state index is 0.0479. The van der Waals surface area contributed by atoms with Crippen LogP contribution in [0.15, 0.2) is 24.4 Å². The fourth-order valence-corrected chi connectivity index (χ4v) is 4.09. The van der Waals surface area contributed by atoms with Crippen molar-refractivity contribution < 1.29 is 57.5 Å². The average Bonchev–Trinajstić information content (AvgIpc) is 3.27. The van der Waals surface area contributed by atoms with Crippen molar-refractivity contribution >= 4 is 11.9 Å². The summed E-state index contributed by atoms with van der Waals surface area (Å²) >= 11 is 0. The molecule has 0 radical (unpaired) electrons. The number of hydrogen-bond acceptors (Lipinski definition) is 4. The third-order valence-electron chi connectivity index (χ3n) is 6.15. The summed E-state index contributed by atoms with van der Waals surface area (Å²) in [5.41, 5.74) is -10.8. The van der Waals surface area contributed by atoms with Crippen LogP contribution >= 0.6 is 0 Å². The fraction of sp³-hybridized carbons (Fsp3) is 0.500. The van der Waals surface area contributed by atoms with Crippen molar-refractivity contribution in [2.24, 2.45) is 0 Å². The van der Waals surface area contributed by atoms with Gasteiger partial charge in [-0.3, -0.25) is 4.79 Å². The Morgan fingerprint density at radius 3 is 1.95 bits per heavy atom. The zero-order valence-corrected chi connectivity index (χ0v) is 19.6. The van der Waals surface area contributed by atoms with E-state index in [0.29, 0.717) is 11.1 Å². The van der Waals surface area contributed by atoms with Crippen LogP contribution in [0.3, 0.4) is 0 Å². The van der Waals surface area contributed by atoms with Crippen molar-refractivity contribution in [3.63, 3.8) is 0 Å².